The molecule has 1 saturated carbocycles. The van der Waals surface area contributed by atoms with Gasteiger partial charge in [0.05, 0.1) is 12.1 Å². The average Bonchev–Trinajstić information content (AvgIpc) is 2.83. The van der Waals surface area contributed by atoms with E-state index in [1.54, 1.807) is 6.92 Å². The molecule has 1 aliphatic carbocycles. The number of Topliss-reactive ketones (excluding diaryl/α,β-unsaturated/α-hetero) is 1. The number of azo groups is 1. The summed E-state index contributed by atoms with van der Waals surface area (Å²) in [4.78, 5) is 11.0. The summed E-state index contributed by atoms with van der Waals surface area (Å²) >= 11 is 0. The van der Waals surface area contributed by atoms with Gasteiger partial charge in [0.1, 0.15) is 0 Å². The molecule has 0 spiro atoms. The van der Waals surface area contributed by atoms with E-state index in [1.807, 2.05) is 0 Å². The van der Waals surface area contributed by atoms with Crippen LogP contribution in [0.25, 0.3) is 0 Å². The highest BCUT2D eigenvalue weighted by Crippen LogP contribution is 2.37. The minimum atomic E-state index is 0.110. The van der Waals surface area contributed by atoms with Gasteiger partial charge in [0.15, 0.2) is 5.78 Å². The van der Waals surface area contributed by atoms with Crippen molar-refractivity contribution < 1.29 is 4.79 Å². The molecule has 0 radical (unpaired) electrons. The third kappa shape index (κ3) is 2.29. The van der Waals surface area contributed by atoms with E-state index in [0.717, 1.165) is 24.8 Å². The molecule has 2 unspecified atom stereocenters. The SMILES string of the molecule is C=C(CCCC=C1C2CCC1N=N2)C(C)=O. The predicted octanol–water partition coefficient (Wildman–Crippen LogP) is 3.23. The monoisotopic (exact) mass is 218 g/mol. The van der Waals surface area contributed by atoms with Gasteiger partial charge >= 0.3 is 0 Å². The van der Waals surface area contributed by atoms with E-state index >= 15 is 0 Å². The summed E-state index contributed by atoms with van der Waals surface area (Å²) in [7, 11) is 0. The van der Waals surface area contributed by atoms with Gasteiger partial charge in [-0.2, -0.15) is 10.2 Å². The first-order valence-corrected chi connectivity index (χ1v) is 5.97. The maximum absolute atomic E-state index is 11.0. The lowest BCUT2D eigenvalue weighted by atomic mass is 10.0. The van der Waals surface area contributed by atoms with Crippen LogP contribution in [0.2, 0.25) is 0 Å². The number of carbonyl (C=O) groups is 1. The summed E-state index contributed by atoms with van der Waals surface area (Å²) in [6.07, 6.45) is 7.43. The highest BCUT2D eigenvalue weighted by molar-refractivity contribution is 5.92. The highest BCUT2D eigenvalue weighted by Gasteiger charge is 2.34. The molecule has 1 heterocycles. The maximum Gasteiger partial charge on any atom is 0.155 e. The Morgan fingerprint density at radius 2 is 2.06 bits per heavy atom. The van der Waals surface area contributed by atoms with Crippen LogP contribution in [0, 0.1) is 0 Å². The summed E-state index contributed by atoms with van der Waals surface area (Å²) < 4.78 is 0. The first kappa shape index (κ1) is 11.2. The lowest BCUT2D eigenvalue weighted by Gasteiger charge is -2.02. The lowest BCUT2D eigenvalue weighted by molar-refractivity contribution is -0.113. The standard InChI is InChI=1S/C13H18N2O/c1-9(10(2)16)5-3-4-6-11-12-7-8-13(11)15-14-12/h6,12-13H,1,3-5,7-8H2,2H3. The quantitative estimate of drug-likeness (QED) is 0.397. The number of hydrogen-bond donors (Lipinski definition) is 0. The number of fused-ring (bicyclic) bond motifs is 2. The zero-order valence-electron chi connectivity index (χ0n) is 9.78. The zero-order valence-corrected chi connectivity index (χ0v) is 9.78. The van der Waals surface area contributed by atoms with Crippen LogP contribution in [0.15, 0.2) is 34.0 Å². The first-order chi connectivity index (χ1) is 7.68. The van der Waals surface area contributed by atoms with Crippen LogP contribution in [-0.4, -0.2) is 17.9 Å². The van der Waals surface area contributed by atoms with Crippen LogP contribution < -0.4 is 0 Å². The minimum Gasteiger partial charge on any atom is -0.295 e. The van der Waals surface area contributed by atoms with Crippen molar-refractivity contribution in [2.45, 2.75) is 51.1 Å². The molecule has 0 aromatic carbocycles. The average molecular weight is 218 g/mol. The van der Waals surface area contributed by atoms with E-state index in [1.165, 1.54) is 18.4 Å². The van der Waals surface area contributed by atoms with Gasteiger partial charge in [-0.05, 0) is 50.2 Å². The van der Waals surface area contributed by atoms with Gasteiger partial charge in [0.25, 0.3) is 0 Å². The highest BCUT2D eigenvalue weighted by atomic mass is 16.1. The molecule has 2 bridgehead atoms. The second kappa shape index (κ2) is 4.73. The minimum absolute atomic E-state index is 0.110. The van der Waals surface area contributed by atoms with E-state index in [0.29, 0.717) is 12.1 Å². The fourth-order valence-corrected chi connectivity index (χ4v) is 2.31. The van der Waals surface area contributed by atoms with Gasteiger partial charge in [-0.1, -0.05) is 12.7 Å². The van der Waals surface area contributed by atoms with Gasteiger partial charge in [-0.25, -0.2) is 0 Å². The van der Waals surface area contributed by atoms with Crippen molar-refractivity contribution in [1.82, 2.24) is 0 Å². The summed E-state index contributed by atoms with van der Waals surface area (Å²) in [6, 6.07) is 0.752. The molecule has 2 rings (SSSR count). The van der Waals surface area contributed by atoms with Crippen molar-refractivity contribution in [3.63, 3.8) is 0 Å². The van der Waals surface area contributed by atoms with Gasteiger partial charge < -0.3 is 0 Å². The normalized spacial score (nSPS) is 26.2. The number of ketones is 1. The Morgan fingerprint density at radius 3 is 2.56 bits per heavy atom. The molecule has 3 nitrogen and oxygen atoms in total. The zero-order chi connectivity index (χ0) is 11.5. The third-order valence-corrected chi connectivity index (χ3v) is 3.39. The van der Waals surface area contributed by atoms with Gasteiger partial charge in [0, 0.05) is 0 Å². The Bertz CT molecular complexity index is 352. The molecule has 0 aromatic rings. The van der Waals surface area contributed by atoms with Gasteiger partial charge in [-0.15, -0.1) is 0 Å². The number of hydrogen-bond acceptors (Lipinski definition) is 3. The molecule has 1 fully saturated rings. The van der Waals surface area contributed by atoms with Crippen molar-refractivity contribution in [3.05, 3.63) is 23.8 Å². The second-order valence-electron chi connectivity index (χ2n) is 4.60. The molecular weight excluding hydrogens is 200 g/mol. The molecule has 0 saturated heterocycles. The Morgan fingerprint density at radius 1 is 1.44 bits per heavy atom. The first-order valence-electron chi connectivity index (χ1n) is 5.97. The third-order valence-electron chi connectivity index (χ3n) is 3.39. The van der Waals surface area contributed by atoms with Crippen LogP contribution in [0.1, 0.15) is 39.0 Å². The van der Waals surface area contributed by atoms with Crippen LogP contribution in [0.4, 0.5) is 0 Å². The molecule has 16 heavy (non-hydrogen) atoms. The van der Waals surface area contributed by atoms with E-state index in [4.69, 9.17) is 0 Å². The van der Waals surface area contributed by atoms with Crippen LogP contribution in [0.5, 0.6) is 0 Å². The molecule has 2 aliphatic rings. The number of nitrogens with zero attached hydrogens (tertiary/aromatic N) is 2. The fourth-order valence-electron chi connectivity index (χ4n) is 2.31. The predicted molar refractivity (Wildman–Crippen MR) is 63.4 cm³/mol. The molecule has 0 aromatic heterocycles. The van der Waals surface area contributed by atoms with E-state index < -0.39 is 0 Å². The Hall–Kier alpha value is -1.25. The molecular formula is C13H18N2O. The Balaban J connectivity index is 1.75. The van der Waals surface area contributed by atoms with Crippen molar-refractivity contribution in [1.29, 1.82) is 0 Å². The van der Waals surface area contributed by atoms with Crippen LogP contribution >= 0.6 is 0 Å². The fraction of sp³-hybridized carbons (Fsp3) is 0.615. The Kier molecular flexibility index (Phi) is 3.32. The molecule has 0 N–H and O–H groups in total. The number of allylic oxidation sites excluding steroid dienone is 2. The van der Waals surface area contributed by atoms with Gasteiger partial charge in [-0.3, -0.25) is 4.79 Å². The largest absolute Gasteiger partial charge is 0.295 e. The molecule has 0 amide bonds. The van der Waals surface area contributed by atoms with Crippen molar-refractivity contribution in [2.75, 3.05) is 0 Å². The Labute approximate surface area is 96.3 Å². The van der Waals surface area contributed by atoms with Crippen molar-refractivity contribution in [3.8, 4) is 0 Å². The second-order valence-corrected chi connectivity index (χ2v) is 4.60. The van der Waals surface area contributed by atoms with Gasteiger partial charge in [0.2, 0.25) is 0 Å². The number of carbonyl (C=O) groups excluding carboxylic acids is 1. The summed E-state index contributed by atoms with van der Waals surface area (Å²) in [5.41, 5.74) is 2.15. The molecule has 3 heteroatoms. The number of rotatable bonds is 5. The molecule has 1 aliphatic heterocycles. The number of unbranched alkanes of at least 4 members (excludes halogenated alkanes) is 1. The summed E-state index contributed by atoms with van der Waals surface area (Å²) in [6.45, 7) is 5.34. The van der Waals surface area contributed by atoms with E-state index in [9.17, 15) is 4.79 Å². The smallest absolute Gasteiger partial charge is 0.155 e. The molecule has 2 atom stereocenters. The summed E-state index contributed by atoms with van der Waals surface area (Å²) in [5, 5.41) is 8.42. The van der Waals surface area contributed by atoms with E-state index in [2.05, 4.69) is 22.9 Å². The summed E-state index contributed by atoms with van der Waals surface area (Å²) in [5.74, 6) is 0.110. The van der Waals surface area contributed by atoms with Crippen molar-refractivity contribution in [2.24, 2.45) is 10.2 Å². The topological polar surface area (TPSA) is 41.8 Å². The molecule has 86 valence electrons. The van der Waals surface area contributed by atoms with Crippen LogP contribution in [-0.2, 0) is 4.79 Å². The van der Waals surface area contributed by atoms with E-state index in [-0.39, 0.29) is 5.78 Å². The van der Waals surface area contributed by atoms with Crippen LogP contribution in [0.3, 0.4) is 0 Å². The lowest BCUT2D eigenvalue weighted by Crippen LogP contribution is -1.99. The maximum atomic E-state index is 11.0. The van der Waals surface area contributed by atoms with Crippen molar-refractivity contribution >= 4 is 5.78 Å².